The van der Waals surface area contributed by atoms with Gasteiger partial charge < -0.3 is 24.2 Å². The molecule has 0 aromatic heterocycles. The quantitative estimate of drug-likeness (QED) is 0.448. The molecule has 0 unspecified atom stereocenters. The second kappa shape index (κ2) is 8.76. The van der Waals surface area contributed by atoms with Gasteiger partial charge in [0.1, 0.15) is 16.9 Å². The van der Waals surface area contributed by atoms with Gasteiger partial charge in [-0.05, 0) is 41.0 Å². The SMILES string of the molecule is C=C[C@@H]1C[C@]1(NC(=O)[C@@H]1C[C@@H](O)CN1C(=O)OC(C)(C)C)P(=O)(OCC)OCC. The van der Waals surface area contributed by atoms with Crippen molar-refractivity contribution in [1.82, 2.24) is 10.2 Å². The Morgan fingerprint density at radius 1 is 1.31 bits per heavy atom. The molecule has 29 heavy (non-hydrogen) atoms. The number of nitrogens with one attached hydrogen (secondary N) is 1. The summed E-state index contributed by atoms with van der Waals surface area (Å²) in [5, 5.41) is 11.6. The van der Waals surface area contributed by atoms with E-state index in [2.05, 4.69) is 11.9 Å². The van der Waals surface area contributed by atoms with Gasteiger partial charge in [0.25, 0.3) is 0 Å². The minimum Gasteiger partial charge on any atom is -0.444 e. The predicted molar refractivity (Wildman–Crippen MR) is 107 cm³/mol. The van der Waals surface area contributed by atoms with Gasteiger partial charge in [0.2, 0.25) is 5.91 Å². The molecule has 1 saturated heterocycles. The van der Waals surface area contributed by atoms with E-state index in [4.69, 9.17) is 13.8 Å². The lowest BCUT2D eigenvalue weighted by molar-refractivity contribution is -0.126. The zero-order valence-electron chi connectivity index (χ0n) is 17.8. The van der Waals surface area contributed by atoms with Gasteiger partial charge in [-0.25, -0.2) is 4.79 Å². The van der Waals surface area contributed by atoms with E-state index in [-0.39, 0.29) is 32.1 Å². The molecule has 0 aromatic carbocycles. The van der Waals surface area contributed by atoms with Crippen molar-refractivity contribution >= 4 is 19.6 Å². The fraction of sp³-hybridized carbons (Fsp3) is 0.789. The fourth-order valence-electron chi connectivity index (χ4n) is 3.57. The predicted octanol–water partition coefficient (Wildman–Crippen LogP) is 2.64. The molecule has 0 spiro atoms. The van der Waals surface area contributed by atoms with E-state index in [0.29, 0.717) is 6.42 Å². The largest absolute Gasteiger partial charge is 0.444 e. The summed E-state index contributed by atoms with van der Waals surface area (Å²) in [4.78, 5) is 26.8. The van der Waals surface area contributed by atoms with E-state index in [1.807, 2.05) is 0 Å². The standard InChI is InChI=1S/C19H33N2O7P/c1-7-13-11-19(13,29(25,26-8-2)27-9-3)20-16(23)15-10-14(22)12-21(15)17(24)28-18(4,5)6/h7,13-15,22H,1,8-12H2,2-6H3,(H,20,23)/t13-,14-,15+,19+/m1/s1. The number of amides is 2. The smallest absolute Gasteiger partial charge is 0.411 e. The van der Waals surface area contributed by atoms with Gasteiger partial charge in [-0.15, -0.1) is 6.58 Å². The summed E-state index contributed by atoms with van der Waals surface area (Å²) in [7, 11) is -3.67. The number of carbonyl (C=O) groups excluding carboxylic acids is 2. The van der Waals surface area contributed by atoms with Gasteiger partial charge in [-0.3, -0.25) is 14.3 Å². The van der Waals surface area contributed by atoms with Crippen LogP contribution in [0.5, 0.6) is 0 Å². The highest BCUT2D eigenvalue weighted by Gasteiger charge is 2.68. The van der Waals surface area contributed by atoms with E-state index >= 15 is 0 Å². The van der Waals surface area contributed by atoms with Crippen molar-refractivity contribution in [2.75, 3.05) is 19.8 Å². The van der Waals surface area contributed by atoms with Crippen molar-refractivity contribution in [3.05, 3.63) is 12.7 Å². The molecular formula is C19H33N2O7P. The molecule has 2 N–H and O–H groups in total. The number of β-amino-alcohol motifs (C(OH)–C–C–N with tert-alkyl or cyclic N) is 1. The van der Waals surface area contributed by atoms with E-state index in [1.165, 1.54) is 4.90 Å². The Bertz CT molecular complexity index is 683. The summed E-state index contributed by atoms with van der Waals surface area (Å²) in [6.07, 6.45) is 0.501. The van der Waals surface area contributed by atoms with Crippen LogP contribution in [0.4, 0.5) is 4.79 Å². The summed E-state index contributed by atoms with van der Waals surface area (Å²) in [6.45, 7) is 12.6. The molecule has 4 atom stereocenters. The van der Waals surface area contributed by atoms with E-state index in [1.54, 1.807) is 40.7 Å². The maximum atomic E-state index is 13.4. The zero-order chi connectivity index (χ0) is 22.0. The Labute approximate surface area is 172 Å². The number of ether oxygens (including phenoxy) is 1. The molecule has 2 amide bonds. The average Bonchev–Trinajstić information content (AvgIpc) is 3.18. The van der Waals surface area contributed by atoms with Gasteiger partial charge in [0.15, 0.2) is 0 Å². The second-order valence-corrected chi connectivity index (χ2v) is 10.6. The molecule has 10 heteroatoms. The van der Waals surface area contributed by atoms with Gasteiger partial charge >= 0.3 is 13.7 Å². The van der Waals surface area contributed by atoms with Gasteiger partial charge in [-0.2, -0.15) is 0 Å². The van der Waals surface area contributed by atoms with Gasteiger partial charge in [-0.1, -0.05) is 6.08 Å². The second-order valence-electron chi connectivity index (χ2n) is 8.33. The van der Waals surface area contributed by atoms with Crippen LogP contribution < -0.4 is 5.32 Å². The number of likely N-dealkylation sites (tertiary alicyclic amines) is 1. The third-order valence-electron chi connectivity index (χ3n) is 4.91. The highest BCUT2D eigenvalue weighted by Crippen LogP contribution is 2.72. The Balaban J connectivity index is 2.24. The van der Waals surface area contributed by atoms with Crippen LogP contribution in [-0.4, -0.2) is 64.8 Å². The number of nitrogens with zero attached hydrogens (tertiary/aromatic N) is 1. The third-order valence-corrected chi connectivity index (χ3v) is 7.70. The Kier molecular flexibility index (Phi) is 7.21. The van der Waals surface area contributed by atoms with E-state index in [0.717, 1.165) is 0 Å². The number of hydrogen-bond donors (Lipinski definition) is 2. The topological polar surface area (TPSA) is 114 Å². The summed E-state index contributed by atoms with van der Waals surface area (Å²) < 4.78 is 29.7. The van der Waals surface area contributed by atoms with Crippen LogP contribution in [0, 0.1) is 5.92 Å². The van der Waals surface area contributed by atoms with Crippen LogP contribution in [0.2, 0.25) is 0 Å². The molecule has 0 bridgehead atoms. The van der Waals surface area contributed by atoms with Crippen molar-refractivity contribution in [3.8, 4) is 0 Å². The highest BCUT2D eigenvalue weighted by molar-refractivity contribution is 7.56. The van der Waals surface area contributed by atoms with Crippen molar-refractivity contribution in [3.63, 3.8) is 0 Å². The number of hydrogen-bond acceptors (Lipinski definition) is 7. The first kappa shape index (κ1) is 23.9. The van der Waals surface area contributed by atoms with E-state index in [9.17, 15) is 19.3 Å². The molecule has 1 aliphatic heterocycles. The van der Waals surface area contributed by atoms with Crippen LogP contribution in [-0.2, 0) is 23.1 Å². The lowest BCUT2D eigenvalue weighted by Gasteiger charge is -2.31. The first-order valence-corrected chi connectivity index (χ1v) is 11.5. The summed E-state index contributed by atoms with van der Waals surface area (Å²) in [5.41, 5.74) is -0.739. The van der Waals surface area contributed by atoms with Crippen LogP contribution in [0.1, 0.15) is 47.5 Å². The first-order valence-electron chi connectivity index (χ1n) is 9.94. The molecule has 0 aromatic rings. The summed E-state index contributed by atoms with van der Waals surface area (Å²) >= 11 is 0. The molecule has 1 aliphatic carbocycles. The van der Waals surface area contributed by atoms with Crippen molar-refractivity contribution < 1.29 is 33.0 Å². The normalized spacial score (nSPS) is 29.4. The molecule has 1 heterocycles. The molecule has 2 fully saturated rings. The molecule has 2 rings (SSSR count). The molecular weight excluding hydrogens is 399 g/mol. The van der Waals surface area contributed by atoms with Crippen molar-refractivity contribution in [1.29, 1.82) is 0 Å². The van der Waals surface area contributed by atoms with Gasteiger partial charge in [0.05, 0.1) is 25.9 Å². The lowest BCUT2D eigenvalue weighted by Crippen LogP contribution is -2.51. The maximum absolute atomic E-state index is 13.4. The van der Waals surface area contributed by atoms with Crippen molar-refractivity contribution in [2.24, 2.45) is 5.92 Å². The molecule has 1 saturated carbocycles. The highest BCUT2D eigenvalue weighted by atomic mass is 31.2. The number of rotatable bonds is 8. The van der Waals surface area contributed by atoms with Crippen LogP contribution in [0.3, 0.4) is 0 Å². The number of carbonyl (C=O) groups is 2. The van der Waals surface area contributed by atoms with Crippen LogP contribution in [0.15, 0.2) is 12.7 Å². The minimum atomic E-state index is -3.67. The molecule has 166 valence electrons. The molecule has 0 radical (unpaired) electrons. The maximum Gasteiger partial charge on any atom is 0.411 e. The summed E-state index contributed by atoms with van der Waals surface area (Å²) in [5.74, 6) is -0.812. The van der Waals surface area contributed by atoms with Gasteiger partial charge in [0, 0.05) is 12.3 Å². The number of aliphatic hydroxyl groups excluding tert-OH is 1. The van der Waals surface area contributed by atoms with Crippen molar-refractivity contribution in [2.45, 2.75) is 70.5 Å². The van der Waals surface area contributed by atoms with Crippen LogP contribution >= 0.6 is 7.60 Å². The Hall–Kier alpha value is -1.41. The fourth-order valence-corrected chi connectivity index (χ4v) is 5.96. The molecule has 9 nitrogen and oxygen atoms in total. The summed E-state index contributed by atoms with van der Waals surface area (Å²) in [6, 6.07) is -0.945. The average molecular weight is 432 g/mol. The zero-order valence-corrected chi connectivity index (χ0v) is 18.7. The minimum absolute atomic E-state index is 0.0144. The monoisotopic (exact) mass is 432 g/mol. The molecule has 2 aliphatic rings. The third kappa shape index (κ3) is 5.02. The Morgan fingerprint density at radius 3 is 2.34 bits per heavy atom. The first-order chi connectivity index (χ1) is 13.4. The Morgan fingerprint density at radius 2 is 1.90 bits per heavy atom. The number of aliphatic hydroxyl groups is 1. The van der Waals surface area contributed by atoms with E-state index < -0.39 is 42.6 Å². The lowest BCUT2D eigenvalue weighted by atomic mass is 10.2. The van der Waals surface area contributed by atoms with Crippen LogP contribution in [0.25, 0.3) is 0 Å².